The average Bonchev–Trinajstić information content (AvgIpc) is 2.59. The van der Waals surface area contributed by atoms with E-state index in [4.69, 9.17) is 14.2 Å². The fourth-order valence-corrected chi connectivity index (χ4v) is 2.60. The first-order valence-electron chi connectivity index (χ1n) is 8.06. The molecule has 2 amide bonds. The third kappa shape index (κ3) is 17.9. The second-order valence-electron chi connectivity index (χ2n) is 4.54. The average molecular weight is 383 g/mol. The van der Waals surface area contributed by atoms with Gasteiger partial charge in [0, 0.05) is 18.6 Å². The molecule has 0 saturated carbocycles. The Hall–Kier alpha value is -0.480. The van der Waals surface area contributed by atoms with Crippen LogP contribution in [0.1, 0.15) is 6.92 Å². The van der Waals surface area contributed by atoms with Gasteiger partial charge in [-0.1, -0.05) is 6.92 Å². The van der Waals surface area contributed by atoms with E-state index in [1.807, 2.05) is 11.8 Å². The zero-order valence-electron chi connectivity index (χ0n) is 14.6. The molecule has 0 unspecified atom stereocenters. The highest BCUT2D eigenvalue weighted by molar-refractivity contribution is 8.00. The summed E-state index contributed by atoms with van der Waals surface area (Å²) < 4.78 is 16.2. The molecule has 0 rings (SSSR count). The third-order valence-corrected chi connectivity index (χ3v) is 4.44. The van der Waals surface area contributed by atoms with Gasteiger partial charge in [0.1, 0.15) is 0 Å². The molecule has 24 heavy (non-hydrogen) atoms. The molecular weight excluding hydrogens is 352 g/mol. The number of rotatable bonds is 17. The minimum absolute atomic E-state index is 0.0187. The summed E-state index contributed by atoms with van der Waals surface area (Å²) in [4.78, 5) is 22.3. The lowest BCUT2D eigenvalue weighted by molar-refractivity contribution is -0.124. The number of hydrogen-bond donors (Lipinski definition) is 2. The van der Waals surface area contributed by atoms with Gasteiger partial charge in [-0.15, -0.1) is 11.8 Å². The number of carbonyl (C=O) groups excluding carboxylic acids is 2. The van der Waals surface area contributed by atoms with Gasteiger partial charge in [-0.25, -0.2) is 0 Å². The van der Waals surface area contributed by atoms with Crippen LogP contribution >= 0.6 is 23.5 Å². The van der Waals surface area contributed by atoms with Gasteiger partial charge in [-0.05, 0) is 5.75 Å². The second-order valence-corrected chi connectivity index (χ2v) is 7.04. The monoisotopic (exact) mass is 382 g/mol. The number of hydrogen-bond acceptors (Lipinski definition) is 7. The first-order chi connectivity index (χ1) is 11.7. The lowest BCUT2D eigenvalue weighted by Gasteiger charge is -2.07. The van der Waals surface area contributed by atoms with Gasteiger partial charge in [0.05, 0.1) is 51.9 Å². The van der Waals surface area contributed by atoms with Crippen LogP contribution < -0.4 is 10.6 Å². The normalized spacial score (nSPS) is 10.6. The molecule has 0 atom stereocenters. The van der Waals surface area contributed by atoms with Crippen molar-refractivity contribution in [3.8, 4) is 0 Å². The summed E-state index contributed by atoms with van der Waals surface area (Å²) >= 11 is 3.34. The van der Waals surface area contributed by atoms with Crippen LogP contribution in [0.5, 0.6) is 0 Å². The van der Waals surface area contributed by atoms with Gasteiger partial charge < -0.3 is 24.8 Å². The van der Waals surface area contributed by atoms with Crippen LogP contribution in [0.15, 0.2) is 0 Å². The molecule has 0 aromatic rings. The molecule has 0 fully saturated rings. The molecular formula is C15H30N2O5S2. The molecule has 0 radical (unpaired) electrons. The molecule has 0 bridgehead atoms. The van der Waals surface area contributed by atoms with E-state index in [2.05, 4.69) is 17.6 Å². The Kier molecular flexibility index (Phi) is 18.5. The van der Waals surface area contributed by atoms with Crippen LogP contribution in [0.25, 0.3) is 0 Å². The Morgan fingerprint density at radius 1 is 0.833 bits per heavy atom. The summed E-state index contributed by atoms with van der Waals surface area (Å²) in [6.45, 7) is 5.78. The topological polar surface area (TPSA) is 85.9 Å². The number of amides is 2. The van der Waals surface area contributed by atoms with Crippen molar-refractivity contribution in [2.75, 3.05) is 76.2 Å². The molecule has 0 heterocycles. The van der Waals surface area contributed by atoms with E-state index in [1.165, 1.54) is 18.8 Å². The summed E-state index contributed by atoms with van der Waals surface area (Å²) in [5, 5.41) is 4.97. The Labute approximate surface area is 153 Å². The molecule has 0 aliphatic rings. The Morgan fingerprint density at radius 3 is 1.92 bits per heavy atom. The van der Waals surface area contributed by atoms with Gasteiger partial charge in [-0.2, -0.15) is 11.8 Å². The summed E-state index contributed by atoms with van der Waals surface area (Å²) in [5.41, 5.74) is 0. The molecule has 0 aliphatic heterocycles. The molecule has 0 aromatic heterocycles. The van der Waals surface area contributed by atoms with E-state index >= 15 is 0 Å². The van der Waals surface area contributed by atoms with Crippen molar-refractivity contribution in [3.05, 3.63) is 0 Å². The van der Waals surface area contributed by atoms with E-state index in [9.17, 15) is 9.59 Å². The Balaban J connectivity index is 3.14. The van der Waals surface area contributed by atoms with Crippen molar-refractivity contribution in [2.45, 2.75) is 6.92 Å². The van der Waals surface area contributed by atoms with Crippen LogP contribution in [0.4, 0.5) is 0 Å². The SMILES string of the molecule is CCSCCOCCOCCOCCSCC(=O)NCC(=O)NC. The molecule has 0 spiro atoms. The molecule has 7 nitrogen and oxygen atoms in total. The van der Waals surface area contributed by atoms with E-state index in [1.54, 1.807) is 0 Å². The smallest absolute Gasteiger partial charge is 0.239 e. The van der Waals surface area contributed by atoms with Crippen LogP contribution in [-0.2, 0) is 23.8 Å². The van der Waals surface area contributed by atoms with Crippen molar-refractivity contribution >= 4 is 35.3 Å². The molecule has 0 aromatic carbocycles. The number of nitrogens with one attached hydrogen (secondary N) is 2. The van der Waals surface area contributed by atoms with Crippen LogP contribution in [0, 0.1) is 0 Å². The van der Waals surface area contributed by atoms with E-state index in [0.717, 1.165) is 23.9 Å². The first-order valence-corrected chi connectivity index (χ1v) is 10.4. The zero-order valence-corrected chi connectivity index (χ0v) is 16.3. The highest BCUT2D eigenvalue weighted by atomic mass is 32.2. The maximum atomic E-state index is 11.4. The van der Waals surface area contributed by atoms with Crippen molar-refractivity contribution in [3.63, 3.8) is 0 Å². The van der Waals surface area contributed by atoms with Gasteiger partial charge in [0.2, 0.25) is 11.8 Å². The van der Waals surface area contributed by atoms with Crippen LogP contribution in [-0.4, -0.2) is 88.1 Å². The van der Waals surface area contributed by atoms with Crippen molar-refractivity contribution in [1.29, 1.82) is 0 Å². The van der Waals surface area contributed by atoms with E-state index in [-0.39, 0.29) is 18.4 Å². The molecule has 0 saturated heterocycles. The minimum Gasteiger partial charge on any atom is -0.378 e. The van der Waals surface area contributed by atoms with E-state index < -0.39 is 0 Å². The largest absolute Gasteiger partial charge is 0.378 e. The molecule has 142 valence electrons. The summed E-state index contributed by atoms with van der Waals surface area (Å²) in [6.07, 6.45) is 0. The summed E-state index contributed by atoms with van der Waals surface area (Å²) in [5.74, 6) is 2.85. The minimum atomic E-state index is -0.207. The number of likely N-dealkylation sites (N-methyl/N-ethyl adjacent to an activating group) is 1. The van der Waals surface area contributed by atoms with Gasteiger partial charge in [0.25, 0.3) is 0 Å². The highest BCUT2D eigenvalue weighted by Gasteiger charge is 2.03. The standard InChI is InChI=1S/C15H30N2O5S2/c1-3-23-10-8-21-6-4-20-5-7-22-9-11-24-13-15(19)17-12-14(18)16-2/h3-13H2,1-2H3,(H,16,18)(H,17,19). The molecule has 0 aliphatic carbocycles. The predicted molar refractivity (Wildman–Crippen MR) is 99.9 cm³/mol. The van der Waals surface area contributed by atoms with Gasteiger partial charge in [-0.3, -0.25) is 9.59 Å². The lowest BCUT2D eigenvalue weighted by atomic mass is 10.5. The quantitative estimate of drug-likeness (QED) is 0.352. The van der Waals surface area contributed by atoms with Gasteiger partial charge >= 0.3 is 0 Å². The maximum absolute atomic E-state index is 11.4. The second kappa shape index (κ2) is 18.9. The first kappa shape index (κ1) is 23.5. The Bertz CT molecular complexity index is 322. The maximum Gasteiger partial charge on any atom is 0.239 e. The fourth-order valence-electron chi connectivity index (χ4n) is 1.41. The third-order valence-electron chi connectivity index (χ3n) is 2.65. The van der Waals surface area contributed by atoms with Crippen LogP contribution in [0.3, 0.4) is 0 Å². The zero-order chi connectivity index (χ0) is 17.9. The van der Waals surface area contributed by atoms with Gasteiger partial charge in [0.15, 0.2) is 0 Å². The van der Waals surface area contributed by atoms with Crippen molar-refractivity contribution < 1.29 is 23.8 Å². The highest BCUT2D eigenvalue weighted by Crippen LogP contribution is 1.99. The Morgan fingerprint density at radius 2 is 1.38 bits per heavy atom. The number of carbonyl (C=O) groups is 2. The predicted octanol–water partition coefficient (Wildman–Crippen LogP) is 0.385. The number of thioether (sulfide) groups is 2. The lowest BCUT2D eigenvalue weighted by Crippen LogP contribution is -2.36. The number of ether oxygens (including phenoxy) is 3. The van der Waals surface area contributed by atoms with Crippen LogP contribution in [0.2, 0.25) is 0 Å². The molecule has 2 N–H and O–H groups in total. The molecule has 9 heteroatoms. The summed E-state index contributed by atoms with van der Waals surface area (Å²) in [6, 6.07) is 0. The van der Waals surface area contributed by atoms with Crippen molar-refractivity contribution in [2.24, 2.45) is 0 Å². The fraction of sp³-hybridized carbons (Fsp3) is 0.867. The summed E-state index contributed by atoms with van der Waals surface area (Å²) in [7, 11) is 1.53. The van der Waals surface area contributed by atoms with Crippen molar-refractivity contribution in [1.82, 2.24) is 10.6 Å². The van der Waals surface area contributed by atoms with E-state index in [0.29, 0.717) is 38.8 Å².